The first-order chi connectivity index (χ1) is 10.6. The third-order valence-corrected chi connectivity index (χ3v) is 5.21. The molecule has 120 valence electrons. The molecule has 0 aromatic heterocycles. The summed E-state index contributed by atoms with van der Waals surface area (Å²) in [7, 11) is 0. The molecule has 2 nitrogen and oxygen atoms in total. The van der Waals surface area contributed by atoms with Crippen LogP contribution in [0.1, 0.15) is 46.5 Å². The van der Waals surface area contributed by atoms with E-state index < -0.39 is 0 Å². The fourth-order valence-electron chi connectivity index (χ4n) is 3.89. The lowest BCUT2D eigenvalue weighted by atomic mass is 9.83. The highest BCUT2D eigenvalue weighted by molar-refractivity contribution is 5.82. The Morgan fingerprint density at radius 1 is 1.05 bits per heavy atom. The van der Waals surface area contributed by atoms with Crippen LogP contribution >= 0.6 is 0 Å². The zero-order valence-electron chi connectivity index (χ0n) is 14.4. The standard InChI is InChI=1S/C20H30N2/c1-15(2)13-21-17(4)22(20-8-6-5-7-19(20)21)14-18-11-9-16(3)10-12-18/h5-8,15-16,18H,4,9-14H2,1-3H3. The van der Waals surface area contributed by atoms with Gasteiger partial charge < -0.3 is 9.80 Å². The normalized spacial score (nSPS) is 25.0. The Labute approximate surface area is 135 Å². The van der Waals surface area contributed by atoms with Crippen molar-refractivity contribution in [1.29, 1.82) is 0 Å². The highest BCUT2D eigenvalue weighted by Crippen LogP contribution is 2.42. The van der Waals surface area contributed by atoms with Crippen LogP contribution in [0.4, 0.5) is 11.4 Å². The molecule has 1 saturated carbocycles. The second-order valence-electron chi connectivity index (χ2n) is 7.65. The maximum atomic E-state index is 4.42. The molecule has 0 amide bonds. The molecule has 22 heavy (non-hydrogen) atoms. The number of anilines is 2. The summed E-state index contributed by atoms with van der Waals surface area (Å²) < 4.78 is 0. The van der Waals surface area contributed by atoms with Gasteiger partial charge in [0.05, 0.1) is 11.4 Å². The van der Waals surface area contributed by atoms with Crippen LogP contribution in [-0.2, 0) is 0 Å². The molecule has 1 fully saturated rings. The summed E-state index contributed by atoms with van der Waals surface area (Å²) in [5, 5.41) is 0. The Morgan fingerprint density at radius 3 is 2.23 bits per heavy atom. The molecule has 0 N–H and O–H groups in total. The number of fused-ring (bicyclic) bond motifs is 1. The van der Waals surface area contributed by atoms with Gasteiger partial charge >= 0.3 is 0 Å². The van der Waals surface area contributed by atoms with Gasteiger partial charge in [-0.15, -0.1) is 0 Å². The minimum atomic E-state index is 0.639. The van der Waals surface area contributed by atoms with Gasteiger partial charge in [0.1, 0.15) is 5.82 Å². The summed E-state index contributed by atoms with van der Waals surface area (Å²) in [5.41, 5.74) is 2.69. The molecule has 1 aliphatic heterocycles. The number of para-hydroxylation sites is 2. The fourth-order valence-corrected chi connectivity index (χ4v) is 3.89. The monoisotopic (exact) mass is 298 g/mol. The SMILES string of the molecule is C=C1N(CC(C)C)c2ccccc2N1CC1CCC(C)CC1. The van der Waals surface area contributed by atoms with Crippen LogP contribution < -0.4 is 9.80 Å². The Morgan fingerprint density at radius 2 is 1.64 bits per heavy atom. The third kappa shape index (κ3) is 3.02. The zero-order valence-corrected chi connectivity index (χ0v) is 14.4. The maximum absolute atomic E-state index is 4.42. The van der Waals surface area contributed by atoms with Crippen molar-refractivity contribution in [3.63, 3.8) is 0 Å². The van der Waals surface area contributed by atoms with E-state index in [1.807, 2.05) is 0 Å². The van der Waals surface area contributed by atoms with Crippen LogP contribution in [0.25, 0.3) is 0 Å². The molecule has 0 radical (unpaired) electrons. The predicted molar refractivity (Wildman–Crippen MR) is 96.2 cm³/mol. The van der Waals surface area contributed by atoms with Gasteiger partial charge in [0.25, 0.3) is 0 Å². The number of hydrogen-bond acceptors (Lipinski definition) is 2. The summed E-state index contributed by atoms with van der Waals surface area (Å²) in [6, 6.07) is 8.80. The third-order valence-electron chi connectivity index (χ3n) is 5.21. The lowest BCUT2D eigenvalue weighted by Gasteiger charge is -2.32. The van der Waals surface area contributed by atoms with E-state index in [-0.39, 0.29) is 0 Å². The quantitative estimate of drug-likeness (QED) is 0.747. The number of rotatable bonds is 4. The topological polar surface area (TPSA) is 6.48 Å². The van der Waals surface area contributed by atoms with Gasteiger partial charge in [0, 0.05) is 13.1 Å². The van der Waals surface area contributed by atoms with Gasteiger partial charge in [-0.25, -0.2) is 0 Å². The summed E-state index contributed by atoms with van der Waals surface area (Å²) in [4.78, 5) is 4.88. The largest absolute Gasteiger partial charge is 0.326 e. The minimum absolute atomic E-state index is 0.639. The van der Waals surface area contributed by atoms with Crippen LogP contribution in [0.2, 0.25) is 0 Å². The molecule has 0 bridgehead atoms. The van der Waals surface area contributed by atoms with E-state index in [9.17, 15) is 0 Å². The van der Waals surface area contributed by atoms with Gasteiger partial charge in [0.15, 0.2) is 0 Å². The Balaban J connectivity index is 1.78. The zero-order chi connectivity index (χ0) is 15.7. The van der Waals surface area contributed by atoms with Gasteiger partial charge in [-0.2, -0.15) is 0 Å². The van der Waals surface area contributed by atoms with Crippen molar-refractivity contribution in [1.82, 2.24) is 0 Å². The van der Waals surface area contributed by atoms with Crippen LogP contribution in [0.5, 0.6) is 0 Å². The first kappa shape index (κ1) is 15.5. The molecule has 0 saturated heterocycles. The van der Waals surface area contributed by atoms with E-state index in [2.05, 4.69) is 61.4 Å². The lowest BCUT2D eigenvalue weighted by molar-refractivity contribution is 0.294. The Bertz CT molecular complexity index is 526. The second-order valence-corrected chi connectivity index (χ2v) is 7.65. The van der Waals surface area contributed by atoms with E-state index in [0.29, 0.717) is 5.92 Å². The highest BCUT2D eigenvalue weighted by Gasteiger charge is 2.32. The van der Waals surface area contributed by atoms with Crippen molar-refractivity contribution in [3.05, 3.63) is 36.7 Å². The second kappa shape index (κ2) is 6.36. The van der Waals surface area contributed by atoms with E-state index >= 15 is 0 Å². The van der Waals surface area contributed by atoms with Crippen LogP contribution in [0.15, 0.2) is 36.7 Å². The lowest BCUT2D eigenvalue weighted by Crippen LogP contribution is -2.34. The van der Waals surface area contributed by atoms with E-state index in [0.717, 1.165) is 24.9 Å². The van der Waals surface area contributed by atoms with Crippen LogP contribution in [0, 0.1) is 17.8 Å². The van der Waals surface area contributed by atoms with Crippen molar-refractivity contribution in [2.24, 2.45) is 17.8 Å². The maximum Gasteiger partial charge on any atom is 0.106 e. The Hall–Kier alpha value is -1.44. The summed E-state index contributed by atoms with van der Waals surface area (Å²) >= 11 is 0. The molecule has 1 aromatic rings. The van der Waals surface area contributed by atoms with Crippen molar-refractivity contribution in [2.45, 2.75) is 46.5 Å². The molecule has 3 rings (SSSR count). The molecule has 0 unspecified atom stereocenters. The highest BCUT2D eigenvalue weighted by atomic mass is 15.4. The van der Waals surface area contributed by atoms with E-state index in [1.54, 1.807) is 0 Å². The average molecular weight is 298 g/mol. The fraction of sp³-hybridized carbons (Fsp3) is 0.600. The van der Waals surface area contributed by atoms with Crippen molar-refractivity contribution < 1.29 is 0 Å². The van der Waals surface area contributed by atoms with Crippen molar-refractivity contribution in [2.75, 3.05) is 22.9 Å². The Kier molecular flexibility index (Phi) is 4.46. The van der Waals surface area contributed by atoms with Crippen molar-refractivity contribution in [3.8, 4) is 0 Å². The molecular weight excluding hydrogens is 268 g/mol. The van der Waals surface area contributed by atoms with Gasteiger partial charge in [0.2, 0.25) is 0 Å². The first-order valence-corrected chi connectivity index (χ1v) is 8.89. The smallest absolute Gasteiger partial charge is 0.106 e. The average Bonchev–Trinajstić information content (AvgIpc) is 2.75. The molecule has 2 heteroatoms. The molecule has 1 aromatic carbocycles. The van der Waals surface area contributed by atoms with E-state index in [4.69, 9.17) is 0 Å². The molecule has 1 aliphatic carbocycles. The minimum Gasteiger partial charge on any atom is -0.326 e. The van der Waals surface area contributed by atoms with E-state index in [1.165, 1.54) is 42.9 Å². The molecular formula is C20H30N2. The molecule has 2 aliphatic rings. The number of benzene rings is 1. The molecule has 0 atom stereocenters. The first-order valence-electron chi connectivity index (χ1n) is 8.89. The summed E-state index contributed by atoms with van der Waals surface area (Å²) in [6.07, 6.45) is 5.53. The van der Waals surface area contributed by atoms with Crippen LogP contribution in [0.3, 0.4) is 0 Å². The predicted octanol–water partition coefficient (Wildman–Crippen LogP) is 5.27. The van der Waals surface area contributed by atoms with Gasteiger partial charge in [-0.1, -0.05) is 52.3 Å². The summed E-state index contributed by atoms with van der Waals surface area (Å²) in [6.45, 7) is 13.6. The molecule has 1 heterocycles. The number of hydrogen-bond donors (Lipinski definition) is 0. The van der Waals surface area contributed by atoms with Gasteiger partial charge in [-0.05, 0) is 42.7 Å². The summed E-state index contributed by atoms with van der Waals surface area (Å²) in [5.74, 6) is 3.55. The molecule has 0 spiro atoms. The van der Waals surface area contributed by atoms with Crippen LogP contribution in [-0.4, -0.2) is 13.1 Å². The van der Waals surface area contributed by atoms with Crippen molar-refractivity contribution >= 4 is 11.4 Å². The van der Waals surface area contributed by atoms with Gasteiger partial charge in [-0.3, -0.25) is 0 Å². The number of nitrogens with zero attached hydrogens (tertiary/aromatic N) is 2.